The lowest BCUT2D eigenvalue weighted by Gasteiger charge is -1.93. The molecule has 0 saturated carbocycles. The van der Waals surface area contributed by atoms with Gasteiger partial charge in [-0.15, -0.1) is 0 Å². The molecule has 2 rings (SSSR count). The predicted octanol–water partition coefficient (Wildman–Crippen LogP) is 0.464. The summed E-state index contributed by atoms with van der Waals surface area (Å²) in [5.41, 5.74) is 0.773. The van der Waals surface area contributed by atoms with Crippen molar-refractivity contribution in [3.63, 3.8) is 0 Å². The number of halogens is 1. The maximum Gasteiger partial charge on any atom is 0.256 e. The molecule has 2 heterocycles. The molecule has 0 atom stereocenters. The number of fused-ring (bicyclic) bond motifs is 1. The molecule has 0 aromatic carbocycles. The number of rotatable bonds is 0. The van der Waals surface area contributed by atoms with Crippen LogP contribution < -0.4 is 5.32 Å². The zero-order chi connectivity index (χ0) is 7.84. The minimum atomic E-state index is -0.683. The molecule has 0 unspecified atom stereocenters. The molecular formula is C7H5FN2O. The zero-order valence-corrected chi connectivity index (χ0v) is 5.60. The highest BCUT2D eigenvalue weighted by Gasteiger charge is 2.22. The Bertz CT molecular complexity index is 324. The highest BCUT2D eigenvalue weighted by molar-refractivity contribution is 5.98. The fourth-order valence-corrected chi connectivity index (χ4v) is 1.12. The van der Waals surface area contributed by atoms with E-state index in [1.165, 1.54) is 6.20 Å². The average Bonchev–Trinajstić information content (AvgIpc) is 2.34. The van der Waals surface area contributed by atoms with Crippen molar-refractivity contribution in [1.29, 1.82) is 0 Å². The minimum absolute atomic E-state index is 0.0903. The summed E-state index contributed by atoms with van der Waals surface area (Å²) in [5, 5.41) is 2.51. The Balaban J connectivity index is 2.68. The number of nitrogens with zero attached hydrogens (tertiary/aromatic N) is 1. The second-order valence-electron chi connectivity index (χ2n) is 2.32. The van der Waals surface area contributed by atoms with Gasteiger partial charge in [-0.05, 0) is 11.6 Å². The largest absolute Gasteiger partial charge is 0.348 e. The van der Waals surface area contributed by atoms with Crippen LogP contribution in [-0.4, -0.2) is 10.9 Å². The van der Waals surface area contributed by atoms with Gasteiger partial charge in [0.05, 0.1) is 5.56 Å². The standard InChI is InChI=1S/C7H5FN2O/c8-6-5-4(1-2-9-6)3-10-7(5)11/h1-2H,3H2,(H,10,11). The Labute approximate surface area is 62.3 Å². The maximum absolute atomic E-state index is 12.8. The van der Waals surface area contributed by atoms with Crippen molar-refractivity contribution in [1.82, 2.24) is 10.3 Å². The van der Waals surface area contributed by atoms with Crippen LogP contribution in [0.1, 0.15) is 15.9 Å². The van der Waals surface area contributed by atoms with E-state index in [9.17, 15) is 9.18 Å². The van der Waals surface area contributed by atoms with Gasteiger partial charge < -0.3 is 5.32 Å². The van der Waals surface area contributed by atoms with Gasteiger partial charge in [-0.3, -0.25) is 4.79 Å². The van der Waals surface area contributed by atoms with Gasteiger partial charge >= 0.3 is 0 Å². The highest BCUT2D eigenvalue weighted by Crippen LogP contribution is 2.15. The van der Waals surface area contributed by atoms with Crippen LogP contribution in [0.25, 0.3) is 0 Å². The molecule has 1 aliphatic heterocycles. The number of amides is 1. The van der Waals surface area contributed by atoms with E-state index in [2.05, 4.69) is 10.3 Å². The van der Waals surface area contributed by atoms with Crippen molar-refractivity contribution in [3.05, 3.63) is 29.3 Å². The van der Waals surface area contributed by atoms with Crippen LogP contribution in [0.4, 0.5) is 4.39 Å². The van der Waals surface area contributed by atoms with E-state index < -0.39 is 5.95 Å². The first-order valence-electron chi connectivity index (χ1n) is 3.20. The fraction of sp³-hybridized carbons (Fsp3) is 0.143. The monoisotopic (exact) mass is 152 g/mol. The van der Waals surface area contributed by atoms with Crippen molar-refractivity contribution < 1.29 is 9.18 Å². The molecule has 1 amide bonds. The first-order valence-corrected chi connectivity index (χ1v) is 3.20. The van der Waals surface area contributed by atoms with Gasteiger partial charge in [0.25, 0.3) is 5.91 Å². The quantitative estimate of drug-likeness (QED) is 0.549. The van der Waals surface area contributed by atoms with Crippen molar-refractivity contribution in [2.24, 2.45) is 0 Å². The highest BCUT2D eigenvalue weighted by atomic mass is 19.1. The number of nitrogens with one attached hydrogen (secondary N) is 1. The molecule has 3 nitrogen and oxygen atoms in total. The third kappa shape index (κ3) is 0.790. The average molecular weight is 152 g/mol. The Morgan fingerprint density at radius 1 is 1.64 bits per heavy atom. The van der Waals surface area contributed by atoms with Crippen molar-refractivity contribution in [2.75, 3.05) is 0 Å². The number of hydrogen-bond acceptors (Lipinski definition) is 2. The third-order valence-corrected chi connectivity index (χ3v) is 1.66. The van der Waals surface area contributed by atoms with E-state index in [1.807, 2.05) is 0 Å². The number of pyridine rings is 1. The molecule has 0 fully saturated rings. The molecule has 0 bridgehead atoms. The Hall–Kier alpha value is -1.45. The second-order valence-corrected chi connectivity index (χ2v) is 2.32. The lowest BCUT2D eigenvalue weighted by molar-refractivity contribution is 0.0961. The van der Waals surface area contributed by atoms with Gasteiger partial charge in [-0.25, -0.2) is 4.98 Å². The van der Waals surface area contributed by atoms with Crippen LogP contribution in [0.3, 0.4) is 0 Å². The molecular weight excluding hydrogens is 147 g/mol. The van der Waals surface area contributed by atoms with Gasteiger partial charge in [0, 0.05) is 12.7 Å². The summed E-state index contributed by atoms with van der Waals surface area (Å²) >= 11 is 0. The van der Waals surface area contributed by atoms with Crippen LogP contribution in [0.5, 0.6) is 0 Å². The molecule has 1 aliphatic rings. The minimum Gasteiger partial charge on any atom is -0.348 e. The van der Waals surface area contributed by atoms with Gasteiger partial charge in [0.15, 0.2) is 0 Å². The van der Waals surface area contributed by atoms with E-state index in [0.717, 1.165) is 0 Å². The molecule has 0 radical (unpaired) electrons. The Morgan fingerprint density at radius 3 is 3.18 bits per heavy atom. The molecule has 1 aromatic rings. The van der Waals surface area contributed by atoms with Gasteiger partial charge in [-0.1, -0.05) is 0 Å². The van der Waals surface area contributed by atoms with Gasteiger partial charge in [0.2, 0.25) is 5.95 Å². The molecule has 4 heteroatoms. The number of carbonyl (C=O) groups is 1. The normalized spacial score (nSPS) is 14.5. The zero-order valence-electron chi connectivity index (χ0n) is 5.60. The van der Waals surface area contributed by atoms with E-state index >= 15 is 0 Å². The third-order valence-electron chi connectivity index (χ3n) is 1.66. The predicted molar refractivity (Wildman–Crippen MR) is 35.4 cm³/mol. The molecule has 0 spiro atoms. The molecule has 1 aromatic heterocycles. The van der Waals surface area contributed by atoms with E-state index in [0.29, 0.717) is 12.1 Å². The first-order chi connectivity index (χ1) is 5.29. The second kappa shape index (κ2) is 2.02. The van der Waals surface area contributed by atoms with Gasteiger partial charge in [-0.2, -0.15) is 4.39 Å². The van der Waals surface area contributed by atoms with Crippen molar-refractivity contribution in [3.8, 4) is 0 Å². The smallest absolute Gasteiger partial charge is 0.256 e. The van der Waals surface area contributed by atoms with Crippen LogP contribution in [0.2, 0.25) is 0 Å². The summed E-state index contributed by atoms with van der Waals surface area (Å²) in [4.78, 5) is 14.3. The lowest BCUT2D eigenvalue weighted by atomic mass is 10.2. The molecule has 0 saturated heterocycles. The summed E-state index contributed by atoms with van der Waals surface area (Å²) < 4.78 is 12.8. The first kappa shape index (κ1) is 6.27. The van der Waals surface area contributed by atoms with Crippen LogP contribution >= 0.6 is 0 Å². The number of carbonyl (C=O) groups excluding carboxylic acids is 1. The van der Waals surface area contributed by atoms with Crippen LogP contribution in [-0.2, 0) is 6.54 Å². The molecule has 0 aliphatic carbocycles. The van der Waals surface area contributed by atoms with Crippen molar-refractivity contribution in [2.45, 2.75) is 6.54 Å². The van der Waals surface area contributed by atoms with Crippen LogP contribution in [0, 0.1) is 5.95 Å². The van der Waals surface area contributed by atoms with Crippen molar-refractivity contribution >= 4 is 5.91 Å². The Kier molecular flexibility index (Phi) is 1.15. The molecule has 56 valence electrons. The van der Waals surface area contributed by atoms with E-state index in [-0.39, 0.29) is 11.5 Å². The SMILES string of the molecule is O=C1NCc2ccnc(F)c21. The summed E-state index contributed by atoms with van der Waals surface area (Å²) in [6.45, 7) is 0.410. The Morgan fingerprint density at radius 2 is 2.45 bits per heavy atom. The molecule has 1 N–H and O–H groups in total. The lowest BCUT2D eigenvalue weighted by Crippen LogP contribution is -2.13. The number of hydrogen-bond donors (Lipinski definition) is 1. The summed E-state index contributed by atoms with van der Waals surface area (Å²) in [6.07, 6.45) is 1.36. The summed E-state index contributed by atoms with van der Waals surface area (Å²) in [6, 6.07) is 1.64. The maximum atomic E-state index is 12.8. The molecule has 11 heavy (non-hydrogen) atoms. The summed E-state index contributed by atoms with van der Waals surface area (Å²) in [5.74, 6) is -1.05. The van der Waals surface area contributed by atoms with E-state index in [1.54, 1.807) is 6.07 Å². The van der Waals surface area contributed by atoms with Gasteiger partial charge in [0.1, 0.15) is 0 Å². The van der Waals surface area contributed by atoms with Crippen LogP contribution in [0.15, 0.2) is 12.3 Å². The summed E-state index contributed by atoms with van der Waals surface area (Å²) in [7, 11) is 0. The number of aromatic nitrogens is 1. The van der Waals surface area contributed by atoms with E-state index in [4.69, 9.17) is 0 Å². The topological polar surface area (TPSA) is 42.0 Å². The fourth-order valence-electron chi connectivity index (χ4n) is 1.12.